The van der Waals surface area contributed by atoms with Gasteiger partial charge < -0.3 is 5.32 Å². The van der Waals surface area contributed by atoms with Gasteiger partial charge in [-0.1, -0.05) is 43.0 Å². The largest absolute Gasteiger partial charge is 0.307 e. The van der Waals surface area contributed by atoms with Crippen LogP contribution in [-0.2, 0) is 0 Å². The second kappa shape index (κ2) is 7.99. The summed E-state index contributed by atoms with van der Waals surface area (Å²) in [6.45, 7) is 0. The number of H-pyrrole nitrogens is 1. The highest BCUT2D eigenvalue weighted by molar-refractivity contribution is 6.33. The molecule has 30 heavy (non-hydrogen) atoms. The summed E-state index contributed by atoms with van der Waals surface area (Å²) in [5.41, 5.74) is 1.48. The minimum atomic E-state index is -0.331. The first kappa shape index (κ1) is 18.9. The topological polar surface area (TPSA) is 79.4 Å². The molecule has 1 saturated carbocycles. The van der Waals surface area contributed by atoms with Crippen LogP contribution in [0.25, 0.3) is 22.3 Å². The molecule has 2 aromatic heterocycles. The van der Waals surface area contributed by atoms with Gasteiger partial charge in [-0.15, -0.1) is 0 Å². The maximum Gasteiger partial charge on any atom is 0.232 e. The molecular formula is C22H20ClFN6. The molecule has 5 rings (SSSR count). The van der Waals surface area contributed by atoms with E-state index in [-0.39, 0.29) is 11.7 Å². The summed E-state index contributed by atoms with van der Waals surface area (Å²) < 4.78 is 13.7. The van der Waals surface area contributed by atoms with Gasteiger partial charge in [-0.2, -0.15) is 15.1 Å². The van der Waals surface area contributed by atoms with Gasteiger partial charge >= 0.3 is 0 Å². The Bertz CT molecular complexity index is 1200. The number of hydrogen-bond donors (Lipinski definition) is 2. The second-order valence-corrected chi connectivity index (χ2v) is 7.95. The number of aromatic nitrogens is 5. The predicted molar refractivity (Wildman–Crippen MR) is 115 cm³/mol. The molecule has 0 atom stereocenters. The van der Waals surface area contributed by atoms with Gasteiger partial charge in [0.25, 0.3) is 0 Å². The zero-order chi connectivity index (χ0) is 20.5. The third kappa shape index (κ3) is 3.73. The Morgan fingerprint density at radius 3 is 2.67 bits per heavy atom. The normalized spacial score (nSPS) is 14.9. The molecule has 8 heteroatoms. The van der Waals surface area contributed by atoms with Crippen molar-refractivity contribution in [3.8, 4) is 11.4 Å². The SMILES string of the molecule is Fc1ccc2[nH]nc(Nc3nc(-c4ccccc4Cl)nc(C4CCCCC4)n3)c2c1. The summed E-state index contributed by atoms with van der Waals surface area (Å²) in [4.78, 5) is 14.0. The van der Waals surface area contributed by atoms with Crippen molar-refractivity contribution < 1.29 is 4.39 Å². The van der Waals surface area contributed by atoms with Crippen LogP contribution in [0.4, 0.5) is 16.2 Å². The highest BCUT2D eigenvalue weighted by atomic mass is 35.5. The van der Waals surface area contributed by atoms with Gasteiger partial charge in [0.1, 0.15) is 11.6 Å². The number of anilines is 2. The predicted octanol–water partition coefficient (Wildman–Crippen LogP) is 6.00. The van der Waals surface area contributed by atoms with Crippen LogP contribution in [-0.4, -0.2) is 25.1 Å². The molecule has 0 amide bonds. The third-order valence-corrected chi connectivity index (χ3v) is 5.82. The molecule has 0 unspecified atom stereocenters. The zero-order valence-electron chi connectivity index (χ0n) is 16.2. The average Bonchev–Trinajstić information content (AvgIpc) is 3.16. The fourth-order valence-electron chi connectivity index (χ4n) is 3.94. The fraction of sp³-hybridized carbons (Fsp3) is 0.273. The van der Waals surface area contributed by atoms with E-state index in [1.54, 1.807) is 6.07 Å². The molecule has 0 bridgehead atoms. The Morgan fingerprint density at radius 1 is 1.00 bits per heavy atom. The molecule has 152 valence electrons. The lowest BCUT2D eigenvalue weighted by Crippen LogP contribution is -2.12. The summed E-state index contributed by atoms with van der Waals surface area (Å²) >= 11 is 6.41. The molecule has 1 aliphatic carbocycles. The van der Waals surface area contributed by atoms with Crippen LogP contribution in [0, 0.1) is 5.82 Å². The van der Waals surface area contributed by atoms with Crippen molar-refractivity contribution >= 4 is 34.3 Å². The van der Waals surface area contributed by atoms with Crippen LogP contribution in [0.5, 0.6) is 0 Å². The van der Waals surface area contributed by atoms with Crippen molar-refractivity contribution in [2.45, 2.75) is 38.0 Å². The number of nitrogens with zero attached hydrogens (tertiary/aromatic N) is 4. The summed E-state index contributed by atoms with van der Waals surface area (Å²) in [7, 11) is 0. The van der Waals surface area contributed by atoms with E-state index in [2.05, 4.69) is 20.5 Å². The summed E-state index contributed by atoms with van der Waals surface area (Å²) in [6, 6.07) is 12.0. The lowest BCUT2D eigenvalue weighted by molar-refractivity contribution is 0.428. The summed E-state index contributed by atoms with van der Waals surface area (Å²) in [5, 5.41) is 11.5. The monoisotopic (exact) mass is 422 g/mol. The lowest BCUT2D eigenvalue weighted by atomic mass is 9.89. The first-order chi connectivity index (χ1) is 14.7. The standard InChI is InChI=1S/C22H20ClFN6/c23-17-9-5-4-8-15(17)20-25-19(13-6-2-1-3-7-13)26-22(27-20)28-21-16-12-14(24)10-11-18(16)29-30-21/h4-5,8-13H,1-3,6-7H2,(H2,25,26,27,28,29,30). The molecule has 1 aliphatic rings. The Morgan fingerprint density at radius 2 is 1.83 bits per heavy atom. The van der Waals surface area contributed by atoms with Gasteiger partial charge in [-0.25, -0.2) is 9.37 Å². The first-order valence-corrected chi connectivity index (χ1v) is 10.5. The zero-order valence-corrected chi connectivity index (χ0v) is 17.0. The van der Waals surface area contributed by atoms with E-state index < -0.39 is 0 Å². The van der Waals surface area contributed by atoms with Crippen LogP contribution >= 0.6 is 11.6 Å². The van der Waals surface area contributed by atoms with E-state index in [9.17, 15) is 4.39 Å². The van der Waals surface area contributed by atoms with Crippen molar-refractivity contribution in [2.24, 2.45) is 0 Å². The van der Waals surface area contributed by atoms with E-state index in [4.69, 9.17) is 21.6 Å². The second-order valence-electron chi connectivity index (χ2n) is 7.54. The molecule has 4 aromatic rings. The number of aromatic amines is 1. The third-order valence-electron chi connectivity index (χ3n) is 5.49. The number of halogens is 2. The van der Waals surface area contributed by atoms with E-state index in [1.165, 1.54) is 31.4 Å². The Hall–Kier alpha value is -3.06. The molecule has 2 N–H and O–H groups in total. The fourth-order valence-corrected chi connectivity index (χ4v) is 4.16. The van der Waals surface area contributed by atoms with Crippen LogP contribution in [0.15, 0.2) is 42.5 Å². The van der Waals surface area contributed by atoms with Crippen molar-refractivity contribution in [1.29, 1.82) is 0 Å². The highest BCUT2D eigenvalue weighted by Gasteiger charge is 2.21. The van der Waals surface area contributed by atoms with Gasteiger partial charge in [0.05, 0.1) is 10.5 Å². The first-order valence-electron chi connectivity index (χ1n) is 10.1. The summed E-state index contributed by atoms with van der Waals surface area (Å²) in [5.74, 6) is 2.07. The van der Waals surface area contributed by atoms with Crippen LogP contribution in [0.3, 0.4) is 0 Å². The van der Waals surface area contributed by atoms with Crippen LogP contribution in [0.2, 0.25) is 5.02 Å². The number of fused-ring (bicyclic) bond motifs is 1. The van der Waals surface area contributed by atoms with Gasteiger partial charge in [0, 0.05) is 16.9 Å². The molecule has 0 spiro atoms. The van der Waals surface area contributed by atoms with E-state index in [0.29, 0.717) is 28.0 Å². The number of rotatable bonds is 4. The Labute approximate surface area is 177 Å². The smallest absolute Gasteiger partial charge is 0.232 e. The summed E-state index contributed by atoms with van der Waals surface area (Å²) in [6.07, 6.45) is 5.70. The molecule has 0 aliphatic heterocycles. The van der Waals surface area contributed by atoms with Gasteiger partial charge in [0.2, 0.25) is 5.95 Å². The van der Waals surface area contributed by atoms with Gasteiger partial charge in [-0.3, -0.25) is 5.10 Å². The lowest BCUT2D eigenvalue weighted by Gasteiger charge is -2.21. The number of hydrogen-bond acceptors (Lipinski definition) is 5. The van der Waals surface area contributed by atoms with Crippen molar-refractivity contribution in [1.82, 2.24) is 25.1 Å². The van der Waals surface area contributed by atoms with E-state index in [1.807, 2.05) is 24.3 Å². The highest BCUT2D eigenvalue weighted by Crippen LogP contribution is 2.33. The molecule has 1 fully saturated rings. The molecule has 0 saturated heterocycles. The molecular weight excluding hydrogens is 403 g/mol. The number of benzene rings is 2. The average molecular weight is 423 g/mol. The molecule has 2 aromatic carbocycles. The van der Waals surface area contributed by atoms with Gasteiger partial charge in [-0.05, 0) is 43.2 Å². The van der Waals surface area contributed by atoms with Crippen molar-refractivity contribution in [3.05, 3.63) is 59.1 Å². The maximum absolute atomic E-state index is 13.7. The Kier molecular flexibility index (Phi) is 5.04. The van der Waals surface area contributed by atoms with E-state index >= 15 is 0 Å². The molecule has 0 radical (unpaired) electrons. The molecule has 2 heterocycles. The molecule has 6 nitrogen and oxygen atoms in total. The van der Waals surface area contributed by atoms with Crippen molar-refractivity contribution in [3.63, 3.8) is 0 Å². The van der Waals surface area contributed by atoms with E-state index in [0.717, 1.165) is 29.7 Å². The minimum absolute atomic E-state index is 0.289. The quantitative estimate of drug-likeness (QED) is 0.421. The van der Waals surface area contributed by atoms with Crippen molar-refractivity contribution in [2.75, 3.05) is 5.32 Å². The minimum Gasteiger partial charge on any atom is -0.307 e. The maximum atomic E-state index is 13.7. The number of nitrogens with one attached hydrogen (secondary N) is 2. The van der Waals surface area contributed by atoms with Crippen LogP contribution in [0.1, 0.15) is 43.8 Å². The van der Waals surface area contributed by atoms with Crippen LogP contribution < -0.4 is 5.32 Å². The van der Waals surface area contributed by atoms with Gasteiger partial charge in [0.15, 0.2) is 11.6 Å². The Balaban J connectivity index is 1.58.